The van der Waals surface area contributed by atoms with Crippen molar-refractivity contribution in [3.63, 3.8) is 0 Å². The number of benzene rings is 1. The summed E-state index contributed by atoms with van der Waals surface area (Å²) < 4.78 is 1.58. The van der Waals surface area contributed by atoms with Crippen LogP contribution in [0.1, 0.15) is 22.8 Å². The number of aromatic nitrogens is 1. The highest BCUT2D eigenvalue weighted by atomic mass is 16.1. The fourth-order valence-electron chi connectivity index (χ4n) is 2.02. The molecule has 0 bridgehead atoms. The maximum Gasteiger partial charge on any atom is 0.251 e. The van der Waals surface area contributed by atoms with E-state index < -0.39 is 0 Å². The summed E-state index contributed by atoms with van der Waals surface area (Å²) in [5.74, 6) is -0.0756. The van der Waals surface area contributed by atoms with Crippen LogP contribution in [-0.4, -0.2) is 10.4 Å². The van der Waals surface area contributed by atoms with Crippen molar-refractivity contribution in [2.24, 2.45) is 7.05 Å². The van der Waals surface area contributed by atoms with Gasteiger partial charge in [0.2, 0.25) is 0 Å². The largest absolute Gasteiger partial charge is 0.311 e. The van der Waals surface area contributed by atoms with E-state index in [2.05, 4.69) is 0 Å². The quantitative estimate of drug-likeness (QED) is 0.683. The summed E-state index contributed by atoms with van der Waals surface area (Å²) in [7, 11) is 1.72. The molecule has 1 aromatic heterocycles. The average Bonchev–Trinajstić information content (AvgIpc) is 2.22. The molecule has 2 aromatic rings. The Morgan fingerprint density at radius 2 is 2.00 bits per heavy atom. The summed E-state index contributed by atoms with van der Waals surface area (Å²) in [6.45, 7) is 3.42. The first-order chi connectivity index (χ1) is 7.52. The number of hydrogen-bond acceptors (Lipinski definition) is 2. The Balaban J connectivity index is 3.07. The zero-order valence-electron chi connectivity index (χ0n) is 9.57. The smallest absolute Gasteiger partial charge is 0.251 e. The number of nitrogens with zero attached hydrogens (tertiary/aromatic N) is 1. The number of carbonyl (C=O) groups excluding carboxylic acids is 1. The molecule has 0 atom stereocenters. The lowest BCUT2D eigenvalue weighted by atomic mass is 10.0. The molecule has 0 aliphatic carbocycles. The van der Waals surface area contributed by atoms with Crippen molar-refractivity contribution >= 4 is 16.7 Å². The normalized spacial score (nSPS) is 10.7. The van der Waals surface area contributed by atoms with E-state index in [-0.39, 0.29) is 11.3 Å². The van der Waals surface area contributed by atoms with Gasteiger partial charge in [-0.25, -0.2) is 0 Å². The van der Waals surface area contributed by atoms with Gasteiger partial charge in [0.05, 0.1) is 5.52 Å². The van der Waals surface area contributed by atoms with Crippen molar-refractivity contribution < 1.29 is 4.79 Å². The second-order valence-corrected chi connectivity index (χ2v) is 3.98. The molecule has 0 radical (unpaired) electrons. The standard InChI is InChI=1S/C13H13NO2/c1-8-5-4-6-10-11(9(2)15)7-12(16)14(3)13(8)10/h4-7H,1-3H3. The van der Waals surface area contributed by atoms with E-state index in [4.69, 9.17) is 0 Å². The van der Waals surface area contributed by atoms with Crippen molar-refractivity contribution in [1.82, 2.24) is 4.57 Å². The second kappa shape index (κ2) is 3.59. The fourth-order valence-corrected chi connectivity index (χ4v) is 2.02. The van der Waals surface area contributed by atoms with Gasteiger partial charge in [0.1, 0.15) is 0 Å². The van der Waals surface area contributed by atoms with Gasteiger partial charge in [-0.05, 0) is 19.4 Å². The van der Waals surface area contributed by atoms with Crippen molar-refractivity contribution in [3.8, 4) is 0 Å². The number of aryl methyl sites for hydroxylation is 2. The van der Waals surface area contributed by atoms with Gasteiger partial charge in [-0.2, -0.15) is 0 Å². The summed E-state index contributed by atoms with van der Waals surface area (Å²) in [5, 5.41) is 0.842. The van der Waals surface area contributed by atoms with Gasteiger partial charge in [0, 0.05) is 24.1 Å². The Kier molecular flexibility index (Phi) is 2.38. The third kappa shape index (κ3) is 1.45. The molecular weight excluding hydrogens is 202 g/mol. The Labute approximate surface area is 93.3 Å². The minimum absolute atomic E-state index is 0.0756. The van der Waals surface area contributed by atoms with E-state index in [1.807, 2.05) is 25.1 Å². The van der Waals surface area contributed by atoms with Crippen molar-refractivity contribution in [1.29, 1.82) is 0 Å². The van der Waals surface area contributed by atoms with E-state index in [1.54, 1.807) is 11.6 Å². The van der Waals surface area contributed by atoms with Gasteiger partial charge < -0.3 is 4.57 Å². The summed E-state index contributed by atoms with van der Waals surface area (Å²) >= 11 is 0. The summed E-state index contributed by atoms with van der Waals surface area (Å²) in [5.41, 5.74) is 2.19. The van der Waals surface area contributed by atoms with E-state index in [9.17, 15) is 9.59 Å². The van der Waals surface area contributed by atoms with Crippen molar-refractivity contribution in [2.45, 2.75) is 13.8 Å². The van der Waals surface area contributed by atoms with Crippen LogP contribution in [0.4, 0.5) is 0 Å². The number of rotatable bonds is 1. The lowest BCUT2D eigenvalue weighted by Crippen LogP contribution is -2.19. The highest BCUT2D eigenvalue weighted by Gasteiger charge is 2.10. The Morgan fingerprint density at radius 3 is 2.62 bits per heavy atom. The van der Waals surface area contributed by atoms with Crippen LogP contribution in [0, 0.1) is 6.92 Å². The molecule has 2 rings (SSSR count). The molecular formula is C13H13NO2. The molecule has 0 amide bonds. The molecule has 82 valence electrons. The van der Waals surface area contributed by atoms with Crippen LogP contribution in [0.15, 0.2) is 29.1 Å². The predicted molar refractivity (Wildman–Crippen MR) is 63.9 cm³/mol. The molecule has 0 unspecified atom stereocenters. The zero-order chi connectivity index (χ0) is 11.9. The lowest BCUT2D eigenvalue weighted by molar-refractivity contribution is 0.101. The van der Waals surface area contributed by atoms with Crippen molar-refractivity contribution in [3.05, 3.63) is 45.7 Å². The molecule has 16 heavy (non-hydrogen) atoms. The Bertz CT molecular complexity index is 638. The Morgan fingerprint density at radius 1 is 1.31 bits per heavy atom. The summed E-state index contributed by atoms with van der Waals surface area (Å²) in [6, 6.07) is 7.11. The maximum absolute atomic E-state index is 11.7. The average molecular weight is 215 g/mol. The molecule has 3 heteroatoms. The monoisotopic (exact) mass is 215 g/mol. The summed E-state index contributed by atoms with van der Waals surface area (Å²) in [6.07, 6.45) is 0. The zero-order valence-corrected chi connectivity index (χ0v) is 9.57. The first-order valence-corrected chi connectivity index (χ1v) is 5.12. The van der Waals surface area contributed by atoms with Gasteiger partial charge in [-0.3, -0.25) is 9.59 Å². The molecule has 3 nitrogen and oxygen atoms in total. The van der Waals surface area contributed by atoms with Crippen LogP contribution < -0.4 is 5.56 Å². The molecule has 0 saturated heterocycles. The minimum Gasteiger partial charge on any atom is -0.311 e. The first-order valence-electron chi connectivity index (χ1n) is 5.12. The number of hydrogen-bond donors (Lipinski definition) is 0. The SMILES string of the molecule is CC(=O)c1cc(=O)n(C)c2c(C)cccc12. The predicted octanol–water partition coefficient (Wildman–Crippen LogP) is 2.05. The third-order valence-corrected chi connectivity index (χ3v) is 2.84. The van der Waals surface area contributed by atoms with Crippen LogP contribution in [0.25, 0.3) is 10.9 Å². The molecule has 0 spiro atoms. The number of ketones is 1. The van der Waals surface area contributed by atoms with Crippen LogP contribution >= 0.6 is 0 Å². The fraction of sp³-hybridized carbons (Fsp3) is 0.231. The van der Waals surface area contributed by atoms with E-state index in [0.29, 0.717) is 5.56 Å². The van der Waals surface area contributed by atoms with Crippen LogP contribution in [0.3, 0.4) is 0 Å². The Hall–Kier alpha value is -1.90. The van der Waals surface area contributed by atoms with E-state index in [1.165, 1.54) is 13.0 Å². The third-order valence-electron chi connectivity index (χ3n) is 2.84. The van der Waals surface area contributed by atoms with Crippen LogP contribution in [0.5, 0.6) is 0 Å². The van der Waals surface area contributed by atoms with Gasteiger partial charge in [-0.15, -0.1) is 0 Å². The van der Waals surface area contributed by atoms with E-state index >= 15 is 0 Å². The maximum atomic E-state index is 11.7. The second-order valence-electron chi connectivity index (χ2n) is 3.98. The molecule has 1 aromatic carbocycles. The van der Waals surface area contributed by atoms with Crippen molar-refractivity contribution in [2.75, 3.05) is 0 Å². The number of pyridine rings is 1. The molecule has 1 heterocycles. The molecule has 0 fully saturated rings. The first kappa shape index (κ1) is 10.6. The molecule has 0 N–H and O–H groups in total. The van der Waals surface area contributed by atoms with Crippen LogP contribution in [0.2, 0.25) is 0 Å². The molecule has 0 aliphatic rings. The van der Waals surface area contributed by atoms with Gasteiger partial charge in [-0.1, -0.05) is 18.2 Å². The van der Waals surface area contributed by atoms with Gasteiger partial charge in [0.25, 0.3) is 5.56 Å². The lowest BCUT2D eigenvalue weighted by Gasteiger charge is -2.10. The topological polar surface area (TPSA) is 39.1 Å². The number of Topliss-reactive ketones (excluding diaryl/α,β-unsaturated/α-hetero) is 1. The number of para-hydroxylation sites is 1. The molecule has 0 saturated carbocycles. The highest BCUT2D eigenvalue weighted by molar-refractivity contribution is 6.06. The van der Waals surface area contributed by atoms with Crippen LogP contribution in [-0.2, 0) is 7.05 Å². The van der Waals surface area contributed by atoms with Gasteiger partial charge >= 0.3 is 0 Å². The molecule has 0 aliphatic heterocycles. The van der Waals surface area contributed by atoms with Gasteiger partial charge in [0.15, 0.2) is 5.78 Å². The summed E-state index contributed by atoms with van der Waals surface area (Å²) in [4.78, 5) is 23.2. The minimum atomic E-state index is -0.146. The number of fused-ring (bicyclic) bond motifs is 1. The highest BCUT2D eigenvalue weighted by Crippen LogP contribution is 2.20. The number of carbonyl (C=O) groups is 1. The van der Waals surface area contributed by atoms with E-state index in [0.717, 1.165) is 16.5 Å².